The normalized spacial score (nSPS) is 17.4. The smallest absolute Gasteiger partial charge is 0.374 e. The minimum Gasteiger partial charge on any atom is -0.374 e. The van der Waals surface area contributed by atoms with E-state index in [1.807, 2.05) is 4.90 Å². The van der Waals surface area contributed by atoms with Crippen LogP contribution in [-0.4, -0.2) is 46.0 Å². The molecule has 0 bridgehead atoms. The van der Waals surface area contributed by atoms with Crippen molar-refractivity contribution in [3.63, 3.8) is 0 Å². The molecule has 0 aliphatic carbocycles. The molecule has 0 N–H and O–H groups in total. The van der Waals surface area contributed by atoms with Crippen LogP contribution in [0.1, 0.15) is 54.7 Å². The Kier molecular flexibility index (Phi) is 7.04. The molecule has 7 nitrogen and oxygen atoms in total. The van der Waals surface area contributed by atoms with Crippen LogP contribution in [0.25, 0.3) is 6.08 Å². The fraction of sp³-hybridized carbons (Fsp3) is 0.500. The zero-order chi connectivity index (χ0) is 24.3. The number of hydrogen-bond donors (Lipinski definition) is 0. The topological polar surface area (TPSA) is 75.4 Å². The highest BCUT2D eigenvalue weighted by molar-refractivity contribution is 5.70. The SMILES string of the molecule is Cc1nc(/C=C(/Cc2cccc(C(F)(F)F)c2)N2CCCC2)c([N+](=O)[O-])c(N2CCCCC2)n1. The van der Waals surface area contributed by atoms with Crippen molar-refractivity contribution in [1.82, 2.24) is 14.9 Å². The zero-order valence-electron chi connectivity index (χ0n) is 19.1. The lowest BCUT2D eigenvalue weighted by molar-refractivity contribution is -0.384. The number of piperidine rings is 1. The Bertz CT molecular complexity index is 1070. The maximum atomic E-state index is 13.2. The first-order valence-electron chi connectivity index (χ1n) is 11.6. The van der Waals surface area contributed by atoms with Crippen LogP contribution in [-0.2, 0) is 12.6 Å². The molecule has 182 valence electrons. The summed E-state index contributed by atoms with van der Waals surface area (Å²) in [6.07, 6.45) is 2.36. The average molecular weight is 476 g/mol. The summed E-state index contributed by atoms with van der Waals surface area (Å²) in [4.78, 5) is 24.5. The first kappa shape index (κ1) is 24.0. The maximum Gasteiger partial charge on any atom is 0.416 e. The van der Waals surface area contributed by atoms with Gasteiger partial charge in [-0.2, -0.15) is 13.2 Å². The number of rotatable bonds is 6. The number of nitro groups is 1. The highest BCUT2D eigenvalue weighted by Crippen LogP contribution is 2.34. The number of anilines is 1. The van der Waals surface area contributed by atoms with E-state index in [0.717, 1.165) is 63.0 Å². The molecule has 2 aliphatic rings. The fourth-order valence-corrected chi connectivity index (χ4v) is 4.66. The predicted molar refractivity (Wildman–Crippen MR) is 123 cm³/mol. The van der Waals surface area contributed by atoms with E-state index >= 15 is 0 Å². The minimum absolute atomic E-state index is 0.145. The Labute approximate surface area is 196 Å². The molecule has 0 unspecified atom stereocenters. The van der Waals surface area contributed by atoms with Crippen molar-refractivity contribution in [3.8, 4) is 0 Å². The lowest BCUT2D eigenvalue weighted by Gasteiger charge is -2.28. The van der Waals surface area contributed by atoms with Crippen molar-refractivity contribution in [3.05, 3.63) is 62.7 Å². The Morgan fingerprint density at radius 2 is 1.76 bits per heavy atom. The number of aryl methyl sites for hydroxylation is 1. The van der Waals surface area contributed by atoms with E-state index in [2.05, 4.69) is 14.9 Å². The van der Waals surface area contributed by atoms with Gasteiger partial charge in [0.2, 0.25) is 5.82 Å². The van der Waals surface area contributed by atoms with Crippen molar-refractivity contribution >= 4 is 17.6 Å². The second-order valence-electron chi connectivity index (χ2n) is 8.84. The Morgan fingerprint density at radius 1 is 1.09 bits per heavy atom. The summed E-state index contributed by atoms with van der Waals surface area (Å²) in [7, 11) is 0. The zero-order valence-corrected chi connectivity index (χ0v) is 19.1. The molecule has 1 aromatic carbocycles. The molecule has 0 atom stereocenters. The molecular weight excluding hydrogens is 447 g/mol. The van der Waals surface area contributed by atoms with Crippen molar-refractivity contribution < 1.29 is 18.1 Å². The molecule has 34 heavy (non-hydrogen) atoms. The molecule has 2 saturated heterocycles. The molecular formula is C24H28F3N5O2. The van der Waals surface area contributed by atoms with Crippen LogP contribution in [0.4, 0.5) is 24.7 Å². The summed E-state index contributed by atoms with van der Waals surface area (Å²) >= 11 is 0. The van der Waals surface area contributed by atoms with E-state index in [-0.39, 0.29) is 17.8 Å². The van der Waals surface area contributed by atoms with Gasteiger partial charge in [-0.05, 0) is 56.7 Å². The molecule has 3 heterocycles. The van der Waals surface area contributed by atoms with Gasteiger partial charge in [0.1, 0.15) is 11.5 Å². The van der Waals surface area contributed by atoms with Gasteiger partial charge in [0.15, 0.2) is 0 Å². The number of alkyl halides is 3. The summed E-state index contributed by atoms with van der Waals surface area (Å²) in [5.41, 5.74) is 0.572. The highest BCUT2D eigenvalue weighted by atomic mass is 19.4. The first-order valence-corrected chi connectivity index (χ1v) is 11.6. The van der Waals surface area contributed by atoms with Crippen molar-refractivity contribution in [2.24, 2.45) is 0 Å². The Morgan fingerprint density at radius 3 is 2.41 bits per heavy atom. The van der Waals surface area contributed by atoms with E-state index in [0.29, 0.717) is 30.3 Å². The van der Waals surface area contributed by atoms with Gasteiger partial charge in [-0.3, -0.25) is 10.1 Å². The molecule has 2 aromatic rings. The van der Waals surface area contributed by atoms with Crippen molar-refractivity contribution in [1.29, 1.82) is 0 Å². The van der Waals surface area contributed by atoms with Crippen LogP contribution in [0.2, 0.25) is 0 Å². The standard InChI is InChI=1S/C24H28F3N5O2/c1-17-28-21(22(32(33)34)23(29-17)31-12-3-2-4-13-31)16-20(30-10-5-6-11-30)15-18-8-7-9-19(14-18)24(25,26)27/h7-9,14,16H,2-6,10-13,15H2,1H3/b20-16-. The number of halogens is 3. The molecule has 2 fully saturated rings. The molecule has 0 radical (unpaired) electrons. The molecule has 0 spiro atoms. The van der Waals surface area contributed by atoms with E-state index < -0.39 is 16.7 Å². The summed E-state index contributed by atoms with van der Waals surface area (Å²) in [5, 5.41) is 12.1. The van der Waals surface area contributed by atoms with Crippen LogP contribution in [0, 0.1) is 17.0 Å². The van der Waals surface area contributed by atoms with Gasteiger partial charge in [-0.15, -0.1) is 0 Å². The quantitative estimate of drug-likeness (QED) is 0.412. The maximum absolute atomic E-state index is 13.2. The number of hydrogen-bond acceptors (Lipinski definition) is 6. The predicted octanol–water partition coefficient (Wildman–Crippen LogP) is 5.38. The Balaban J connectivity index is 1.77. The van der Waals surface area contributed by atoms with Gasteiger partial charge < -0.3 is 9.80 Å². The van der Waals surface area contributed by atoms with Crippen LogP contribution >= 0.6 is 0 Å². The van der Waals surface area contributed by atoms with Gasteiger partial charge in [0.05, 0.1) is 10.5 Å². The second kappa shape index (κ2) is 9.99. The van der Waals surface area contributed by atoms with Crippen LogP contribution in [0.5, 0.6) is 0 Å². The van der Waals surface area contributed by atoms with Crippen LogP contribution in [0.3, 0.4) is 0 Å². The molecule has 1 aromatic heterocycles. The average Bonchev–Trinajstić information content (AvgIpc) is 3.33. The van der Waals surface area contributed by atoms with Gasteiger partial charge in [0, 0.05) is 38.3 Å². The first-order chi connectivity index (χ1) is 16.2. The Hall–Kier alpha value is -3.17. The lowest BCUT2D eigenvalue weighted by atomic mass is 10.0. The molecule has 10 heteroatoms. The van der Waals surface area contributed by atoms with Crippen LogP contribution < -0.4 is 4.90 Å². The number of likely N-dealkylation sites (tertiary alicyclic amines) is 1. The summed E-state index contributed by atoms with van der Waals surface area (Å²) < 4.78 is 39.7. The minimum atomic E-state index is -4.43. The number of nitrogens with zero attached hydrogens (tertiary/aromatic N) is 5. The summed E-state index contributed by atoms with van der Waals surface area (Å²) in [5.74, 6) is 0.751. The lowest BCUT2D eigenvalue weighted by Crippen LogP contribution is -2.31. The van der Waals surface area contributed by atoms with Crippen LogP contribution in [0.15, 0.2) is 30.0 Å². The summed E-state index contributed by atoms with van der Waals surface area (Å²) in [6.45, 7) is 4.60. The van der Waals surface area contributed by atoms with E-state index in [1.54, 1.807) is 19.1 Å². The molecule has 0 amide bonds. The molecule has 0 saturated carbocycles. The molecule has 4 rings (SSSR count). The third kappa shape index (κ3) is 5.48. The number of allylic oxidation sites excluding steroid dienone is 1. The van der Waals surface area contributed by atoms with Gasteiger partial charge in [-0.1, -0.05) is 18.2 Å². The van der Waals surface area contributed by atoms with Gasteiger partial charge >= 0.3 is 11.9 Å². The summed E-state index contributed by atoms with van der Waals surface area (Å²) in [6, 6.07) is 5.23. The van der Waals surface area contributed by atoms with Crippen molar-refractivity contribution in [2.75, 3.05) is 31.1 Å². The third-order valence-electron chi connectivity index (χ3n) is 6.30. The van der Waals surface area contributed by atoms with E-state index in [4.69, 9.17) is 0 Å². The van der Waals surface area contributed by atoms with E-state index in [9.17, 15) is 23.3 Å². The largest absolute Gasteiger partial charge is 0.416 e. The van der Waals surface area contributed by atoms with Crippen molar-refractivity contribution in [2.45, 2.75) is 51.6 Å². The van der Waals surface area contributed by atoms with Gasteiger partial charge in [-0.25, -0.2) is 9.97 Å². The second-order valence-corrected chi connectivity index (χ2v) is 8.84. The number of aromatic nitrogens is 2. The van der Waals surface area contributed by atoms with Gasteiger partial charge in [0.25, 0.3) is 0 Å². The monoisotopic (exact) mass is 475 g/mol. The fourth-order valence-electron chi connectivity index (χ4n) is 4.66. The van der Waals surface area contributed by atoms with E-state index in [1.165, 1.54) is 6.07 Å². The molecule has 2 aliphatic heterocycles. The highest BCUT2D eigenvalue weighted by Gasteiger charge is 2.31. The number of benzene rings is 1. The third-order valence-corrected chi connectivity index (χ3v) is 6.30.